The van der Waals surface area contributed by atoms with Gasteiger partial charge in [-0.2, -0.15) is 0 Å². The number of aromatic nitrogens is 1. The molecule has 1 atom stereocenters. The maximum Gasteiger partial charge on any atom is 0.0705 e. The zero-order chi connectivity index (χ0) is 17.1. The van der Waals surface area contributed by atoms with E-state index in [0.717, 1.165) is 31.7 Å². The van der Waals surface area contributed by atoms with Crippen LogP contribution in [0.1, 0.15) is 29.2 Å². The molecule has 128 valence electrons. The first-order chi connectivity index (χ1) is 12.3. The van der Waals surface area contributed by atoms with Crippen LogP contribution in [0.2, 0.25) is 0 Å². The maximum atomic E-state index is 4.57. The van der Waals surface area contributed by atoms with Crippen molar-refractivity contribution in [2.45, 2.75) is 19.4 Å². The van der Waals surface area contributed by atoms with Crippen molar-refractivity contribution < 1.29 is 0 Å². The van der Waals surface area contributed by atoms with Crippen LogP contribution in [0.3, 0.4) is 0 Å². The van der Waals surface area contributed by atoms with Gasteiger partial charge in [-0.25, -0.2) is 0 Å². The summed E-state index contributed by atoms with van der Waals surface area (Å²) in [6.45, 7) is 6.56. The molecule has 2 heterocycles. The summed E-state index contributed by atoms with van der Waals surface area (Å²) in [6, 6.07) is 19.8. The van der Waals surface area contributed by atoms with Crippen molar-refractivity contribution in [3.05, 3.63) is 77.5 Å². The van der Waals surface area contributed by atoms with Gasteiger partial charge in [-0.05, 0) is 48.7 Å². The van der Waals surface area contributed by atoms with Gasteiger partial charge in [0.25, 0.3) is 0 Å². The Bertz CT molecular complexity index is 845. The van der Waals surface area contributed by atoms with E-state index in [1.807, 2.05) is 6.20 Å². The number of benzene rings is 2. The summed E-state index contributed by atoms with van der Waals surface area (Å²) in [7, 11) is 0. The number of rotatable bonds is 3. The van der Waals surface area contributed by atoms with Gasteiger partial charge in [-0.15, -0.1) is 0 Å². The van der Waals surface area contributed by atoms with E-state index < -0.39 is 0 Å². The molecule has 25 heavy (non-hydrogen) atoms. The highest BCUT2D eigenvalue weighted by molar-refractivity contribution is 5.82. The molecular weight excluding hydrogens is 306 g/mol. The Balaban J connectivity index is 1.89. The molecule has 1 aliphatic heterocycles. The van der Waals surface area contributed by atoms with E-state index >= 15 is 0 Å². The van der Waals surface area contributed by atoms with Gasteiger partial charge in [0.15, 0.2) is 0 Å². The summed E-state index contributed by atoms with van der Waals surface area (Å²) in [5, 5.41) is 4.79. The van der Waals surface area contributed by atoms with E-state index in [1.54, 1.807) is 0 Å². The molecule has 0 bridgehead atoms. The van der Waals surface area contributed by atoms with Gasteiger partial charge < -0.3 is 5.32 Å². The smallest absolute Gasteiger partial charge is 0.0705 e. The standard InChI is InChI=1S/C22H25N3/c1-17-7-2-3-8-18(17)22(25-15-6-12-23-14-16-25)20-11-13-24-21-10-5-4-9-19(20)21/h2-5,7-11,13,22-23H,6,12,14-16H2,1H3. The minimum absolute atomic E-state index is 0.272. The lowest BCUT2D eigenvalue weighted by Crippen LogP contribution is -2.33. The molecule has 1 N–H and O–H groups in total. The van der Waals surface area contributed by atoms with Crippen LogP contribution in [0, 0.1) is 6.92 Å². The molecule has 3 heteroatoms. The predicted molar refractivity (Wildman–Crippen MR) is 104 cm³/mol. The molecule has 2 aromatic carbocycles. The Hall–Kier alpha value is -2.23. The monoisotopic (exact) mass is 331 g/mol. The molecule has 0 saturated carbocycles. The first kappa shape index (κ1) is 16.2. The highest BCUT2D eigenvalue weighted by Crippen LogP contribution is 2.34. The molecule has 4 rings (SSSR count). The molecule has 1 unspecified atom stereocenters. The van der Waals surface area contributed by atoms with Crippen molar-refractivity contribution in [3.63, 3.8) is 0 Å². The van der Waals surface area contributed by atoms with E-state index in [2.05, 4.69) is 76.7 Å². The van der Waals surface area contributed by atoms with Crippen molar-refractivity contribution in [2.24, 2.45) is 0 Å². The summed E-state index contributed by atoms with van der Waals surface area (Å²) in [5.74, 6) is 0. The molecule has 0 radical (unpaired) electrons. The third-order valence-electron chi connectivity index (χ3n) is 5.20. The lowest BCUT2D eigenvalue weighted by molar-refractivity contribution is 0.241. The van der Waals surface area contributed by atoms with E-state index in [-0.39, 0.29) is 6.04 Å². The number of nitrogens with zero attached hydrogens (tertiary/aromatic N) is 2. The predicted octanol–water partition coefficient (Wildman–Crippen LogP) is 3.93. The lowest BCUT2D eigenvalue weighted by Gasteiger charge is -2.33. The van der Waals surface area contributed by atoms with Gasteiger partial charge in [0.2, 0.25) is 0 Å². The van der Waals surface area contributed by atoms with Crippen LogP contribution in [-0.2, 0) is 0 Å². The maximum absolute atomic E-state index is 4.57. The molecule has 3 nitrogen and oxygen atoms in total. The summed E-state index contributed by atoms with van der Waals surface area (Å²) >= 11 is 0. The van der Waals surface area contributed by atoms with Crippen LogP contribution in [0.25, 0.3) is 10.9 Å². The van der Waals surface area contributed by atoms with E-state index in [1.165, 1.54) is 28.5 Å². The van der Waals surface area contributed by atoms with Gasteiger partial charge in [0.05, 0.1) is 11.6 Å². The second-order valence-electron chi connectivity index (χ2n) is 6.82. The summed E-state index contributed by atoms with van der Waals surface area (Å²) in [4.78, 5) is 7.20. The minimum atomic E-state index is 0.272. The SMILES string of the molecule is Cc1ccccc1C(c1ccnc2ccccc12)N1CCCNCC1. The summed E-state index contributed by atoms with van der Waals surface area (Å²) < 4.78 is 0. The van der Waals surface area contributed by atoms with Gasteiger partial charge >= 0.3 is 0 Å². The van der Waals surface area contributed by atoms with E-state index in [4.69, 9.17) is 0 Å². The number of aryl methyl sites for hydroxylation is 1. The van der Waals surface area contributed by atoms with Crippen LogP contribution in [0.4, 0.5) is 0 Å². The quantitative estimate of drug-likeness (QED) is 0.788. The Kier molecular flexibility index (Phi) is 4.77. The van der Waals surface area contributed by atoms with Crippen LogP contribution < -0.4 is 5.32 Å². The third kappa shape index (κ3) is 3.30. The van der Waals surface area contributed by atoms with Crippen molar-refractivity contribution in [1.82, 2.24) is 15.2 Å². The van der Waals surface area contributed by atoms with Crippen molar-refractivity contribution >= 4 is 10.9 Å². The first-order valence-corrected chi connectivity index (χ1v) is 9.18. The van der Waals surface area contributed by atoms with Gasteiger partial charge in [0, 0.05) is 31.2 Å². The number of nitrogens with one attached hydrogen (secondary N) is 1. The highest BCUT2D eigenvalue weighted by atomic mass is 15.2. The molecule has 0 spiro atoms. The number of fused-ring (bicyclic) bond motifs is 1. The Labute approximate surface area is 149 Å². The molecule has 1 fully saturated rings. The Morgan fingerprint density at radius 2 is 1.76 bits per heavy atom. The zero-order valence-corrected chi connectivity index (χ0v) is 14.8. The number of para-hydroxylation sites is 1. The van der Waals surface area contributed by atoms with Crippen LogP contribution >= 0.6 is 0 Å². The van der Waals surface area contributed by atoms with E-state index in [0.29, 0.717) is 0 Å². The first-order valence-electron chi connectivity index (χ1n) is 9.18. The van der Waals surface area contributed by atoms with Crippen LogP contribution in [0.5, 0.6) is 0 Å². The topological polar surface area (TPSA) is 28.2 Å². The molecule has 1 aliphatic rings. The summed E-state index contributed by atoms with van der Waals surface area (Å²) in [5.41, 5.74) is 5.19. The van der Waals surface area contributed by atoms with Gasteiger partial charge in [-0.3, -0.25) is 9.88 Å². The van der Waals surface area contributed by atoms with Crippen molar-refractivity contribution in [1.29, 1.82) is 0 Å². The zero-order valence-electron chi connectivity index (χ0n) is 14.8. The third-order valence-corrected chi connectivity index (χ3v) is 5.20. The second-order valence-corrected chi connectivity index (χ2v) is 6.82. The number of hydrogen-bond donors (Lipinski definition) is 1. The van der Waals surface area contributed by atoms with Gasteiger partial charge in [0.1, 0.15) is 0 Å². The fourth-order valence-electron chi connectivity index (χ4n) is 3.94. The Morgan fingerprint density at radius 1 is 0.920 bits per heavy atom. The summed E-state index contributed by atoms with van der Waals surface area (Å²) in [6.07, 6.45) is 3.14. The molecule has 3 aromatic rings. The number of pyridine rings is 1. The second kappa shape index (κ2) is 7.34. The molecule has 0 amide bonds. The molecule has 0 aliphatic carbocycles. The fraction of sp³-hybridized carbons (Fsp3) is 0.318. The molecular formula is C22H25N3. The van der Waals surface area contributed by atoms with Gasteiger partial charge in [-0.1, -0.05) is 42.5 Å². The van der Waals surface area contributed by atoms with Crippen molar-refractivity contribution in [2.75, 3.05) is 26.2 Å². The van der Waals surface area contributed by atoms with E-state index in [9.17, 15) is 0 Å². The Morgan fingerprint density at radius 3 is 2.68 bits per heavy atom. The molecule has 1 saturated heterocycles. The largest absolute Gasteiger partial charge is 0.315 e. The molecule has 1 aromatic heterocycles. The van der Waals surface area contributed by atoms with Crippen molar-refractivity contribution in [3.8, 4) is 0 Å². The average Bonchev–Trinajstić information content (AvgIpc) is 2.93. The normalized spacial score (nSPS) is 17.3. The highest BCUT2D eigenvalue weighted by Gasteiger charge is 2.25. The number of hydrogen-bond acceptors (Lipinski definition) is 3. The average molecular weight is 331 g/mol. The fourth-order valence-corrected chi connectivity index (χ4v) is 3.94. The minimum Gasteiger partial charge on any atom is -0.315 e. The lowest BCUT2D eigenvalue weighted by atomic mass is 9.91. The van der Waals surface area contributed by atoms with Crippen LogP contribution in [0.15, 0.2) is 60.8 Å². The van der Waals surface area contributed by atoms with Crippen LogP contribution in [-0.4, -0.2) is 36.1 Å².